The van der Waals surface area contributed by atoms with Gasteiger partial charge in [0.2, 0.25) is 0 Å². The molecule has 0 saturated heterocycles. The Kier molecular flexibility index (Phi) is 5.27. The van der Waals surface area contributed by atoms with Gasteiger partial charge in [0.15, 0.2) is 5.13 Å². The smallest absolute Gasteiger partial charge is 0.266 e. The van der Waals surface area contributed by atoms with Crippen molar-refractivity contribution in [3.63, 3.8) is 0 Å². The lowest BCUT2D eigenvalue weighted by molar-refractivity contribution is 0.567. The minimum atomic E-state index is -3.95. The number of halogens is 1. The van der Waals surface area contributed by atoms with E-state index in [2.05, 4.69) is 15.0 Å². The number of hydrogen-bond acceptors (Lipinski definition) is 5. The van der Waals surface area contributed by atoms with Crippen LogP contribution in [0.2, 0.25) is 0 Å². The van der Waals surface area contributed by atoms with E-state index in [1.807, 2.05) is 6.92 Å². The van der Waals surface area contributed by atoms with Crippen molar-refractivity contribution in [2.75, 3.05) is 11.3 Å². The Balaban J connectivity index is 2.16. The SMILES string of the molecule is CCCNCc1ccc(S(=O)(=O)Nc2nccs2)c(F)c1. The van der Waals surface area contributed by atoms with Gasteiger partial charge in [-0.3, -0.25) is 4.72 Å². The summed E-state index contributed by atoms with van der Waals surface area (Å²) in [6.07, 6.45) is 2.45. The van der Waals surface area contributed by atoms with Gasteiger partial charge in [-0.25, -0.2) is 17.8 Å². The molecule has 0 unspecified atom stereocenters. The molecule has 114 valence electrons. The van der Waals surface area contributed by atoms with Crippen molar-refractivity contribution < 1.29 is 12.8 Å². The van der Waals surface area contributed by atoms with Gasteiger partial charge in [0.1, 0.15) is 10.7 Å². The van der Waals surface area contributed by atoms with E-state index in [9.17, 15) is 12.8 Å². The molecule has 0 fully saturated rings. The molecule has 1 aromatic carbocycles. The van der Waals surface area contributed by atoms with Gasteiger partial charge in [0.05, 0.1) is 0 Å². The number of hydrogen-bond donors (Lipinski definition) is 2. The molecule has 2 aromatic rings. The summed E-state index contributed by atoms with van der Waals surface area (Å²) in [4.78, 5) is 3.44. The van der Waals surface area contributed by atoms with Crippen LogP contribution in [0.3, 0.4) is 0 Å². The maximum atomic E-state index is 14.0. The number of thiazole rings is 1. The van der Waals surface area contributed by atoms with Gasteiger partial charge >= 0.3 is 0 Å². The van der Waals surface area contributed by atoms with Gasteiger partial charge in [-0.15, -0.1) is 11.3 Å². The summed E-state index contributed by atoms with van der Waals surface area (Å²) in [6, 6.07) is 4.11. The highest BCUT2D eigenvalue weighted by atomic mass is 32.2. The Hall–Kier alpha value is -1.51. The van der Waals surface area contributed by atoms with Crippen molar-refractivity contribution in [3.8, 4) is 0 Å². The summed E-state index contributed by atoms with van der Waals surface area (Å²) in [5, 5.41) is 4.98. The van der Waals surface area contributed by atoms with E-state index in [-0.39, 0.29) is 10.0 Å². The van der Waals surface area contributed by atoms with E-state index >= 15 is 0 Å². The van der Waals surface area contributed by atoms with E-state index in [4.69, 9.17) is 0 Å². The lowest BCUT2D eigenvalue weighted by Crippen LogP contribution is -2.16. The summed E-state index contributed by atoms with van der Waals surface area (Å²) >= 11 is 1.13. The number of aromatic nitrogens is 1. The molecular weight excluding hydrogens is 313 g/mol. The third-order valence-corrected chi connectivity index (χ3v) is 4.89. The molecule has 0 radical (unpaired) electrons. The minimum absolute atomic E-state index is 0.211. The lowest BCUT2D eigenvalue weighted by atomic mass is 10.2. The Bertz CT molecular complexity index is 687. The quantitative estimate of drug-likeness (QED) is 0.766. The summed E-state index contributed by atoms with van der Waals surface area (Å²) in [6.45, 7) is 3.37. The Morgan fingerprint density at radius 1 is 1.38 bits per heavy atom. The molecule has 2 N–H and O–H groups in total. The second kappa shape index (κ2) is 6.97. The molecule has 0 aliphatic rings. The highest BCUT2D eigenvalue weighted by Crippen LogP contribution is 2.21. The fraction of sp³-hybridized carbons (Fsp3) is 0.308. The molecule has 2 rings (SSSR count). The zero-order valence-corrected chi connectivity index (χ0v) is 13.1. The molecule has 0 atom stereocenters. The predicted molar refractivity (Wildman–Crippen MR) is 81.3 cm³/mol. The molecule has 1 heterocycles. The van der Waals surface area contributed by atoms with Gasteiger partial charge in [-0.1, -0.05) is 13.0 Å². The Labute approximate surface area is 127 Å². The molecule has 8 heteroatoms. The highest BCUT2D eigenvalue weighted by Gasteiger charge is 2.20. The van der Waals surface area contributed by atoms with E-state index in [1.165, 1.54) is 18.3 Å². The van der Waals surface area contributed by atoms with Crippen LogP contribution in [-0.2, 0) is 16.6 Å². The summed E-state index contributed by atoms with van der Waals surface area (Å²) < 4.78 is 40.5. The van der Waals surface area contributed by atoms with Crippen molar-refractivity contribution in [2.24, 2.45) is 0 Å². The van der Waals surface area contributed by atoms with E-state index < -0.39 is 15.8 Å². The topological polar surface area (TPSA) is 71.1 Å². The predicted octanol–water partition coefficient (Wildman–Crippen LogP) is 2.58. The Morgan fingerprint density at radius 3 is 2.81 bits per heavy atom. The molecule has 21 heavy (non-hydrogen) atoms. The first-order chi connectivity index (χ1) is 10.0. The third-order valence-electron chi connectivity index (χ3n) is 2.70. The number of anilines is 1. The maximum Gasteiger partial charge on any atom is 0.266 e. The summed E-state index contributed by atoms with van der Waals surface area (Å²) in [5.74, 6) is -0.769. The highest BCUT2D eigenvalue weighted by molar-refractivity contribution is 7.93. The molecule has 0 saturated carbocycles. The fourth-order valence-corrected chi connectivity index (χ4v) is 3.57. The number of benzene rings is 1. The average Bonchev–Trinajstić information content (AvgIpc) is 2.91. The van der Waals surface area contributed by atoms with Crippen molar-refractivity contribution in [3.05, 3.63) is 41.2 Å². The first-order valence-electron chi connectivity index (χ1n) is 6.44. The van der Waals surface area contributed by atoms with E-state index in [0.29, 0.717) is 12.1 Å². The van der Waals surface area contributed by atoms with Crippen LogP contribution in [-0.4, -0.2) is 19.9 Å². The van der Waals surface area contributed by atoms with Crippen molar-refractivity contribution in [2.45, 2.75) is 24.8 Å². The molecule has 0 spiro atoms. The van der Waals surface area contributed by atoms with E-state index in [0.717, 1.165) is 24.3 Å². The van der Waals surface area contributed by atoms with Crippen LogP contribution in [0.5, 0.6) is 0 Å². The summed E-state index contributed by atoms with van der Waals surface area (Å²) in [5.41, 5.74) is 0.703. The van der Waals surface area contributed by atoms with Crippen LogP contribution < -0.4 is 10.0 Å². The van der Waals surface area contributed by atoms with Crippen molar-refractivity contribution in [1.29, 1.82) is 0 Å². The largest absolute Gasteiger partial charge is 0.313 e. The van der Waals surface area contributed by atoms with Gasteiger partial charge in [0, 0.05) is 18.1 Å². The second-order valence-corrected chi connectivity index (χ2v) is 6.93. The van der Waals surface area contributed by atoms with Crippen LogP contribution in [0, 0.1) is 5.82 Å². The number of nitrogens with zero attached hydrogens (tertiary/aromatic N) is 1. The molecule has 0 amide bonds. The lowest BCUT2D eigenvalue weighted by Gasteiger charge is -2.08. The normalized spacial score (nSPS) is 11.5. The summed E-state index contributed by atoms with van der Waals surface area (Å²) in [7, 11) is -3.95. The monoisotopic (exact) mass is 329 g/mol. The third kappa shape index (κ3) is 4.23. The zero-order valence-electron chi connectivity index (χ0n) is 11.5. The molecule has 5 nitrogen and oxygen atoms in total. The first kappa shape index (κ1) is 15.9. The van der Waals surface area contributed by atoms with Gasteiger partial charge in [-0.05, 0) is 30.7 Å². The van der Waals surface area contributed by atoms with Crippen molar-refractivity contribution in [1.82, 2.24) is 10.3 Å². The van der Waals surface area contributed by atoms with Gasteiger partial charge in [0.25, 0.3) is 10.0 Å². The minimum Gasteiger partial charge on any atom is -0.313 e. The zero-order chi connectivity index (χ0) is 15.3. The standard InChI is InChI=1S/C13H16FN3O2S2/c1-2-5-15-9-10-3-4-12(11(14)8-10)21(18,19)17-13-16-6-7-20-13/h3-4,6-8,15H,2,5,9H2,1H3,(H,16,17). The van der Waals surface area contributed by atoms with Crippen LogP contribution in [0.15, 0.2) is 34.7 Å². The van der Waals surface area contributed by atoms with Gasteiger partial charge in [-0.2, -0.15) is 0 Å². The van der Waals surface area contributed by atoms with Crippen molar-refractivity contribution >= 4 is 26.5 Å². The average molecular weight is 329 g/mol. The Morgan fingerprint density at radius 2 is 2.19 bits per heavy atom. The van der Waals surface area contributed by atoms with Crippen LogP contribution in [0.1, 0.15) is 18.9 Å². The molecular formula is C13H16FN3O2S2. The van der Waals surface area contributed by atoms with Gasteiger partial charge < -0.3 is 5.32 Å². The molecule has 1 aromatic heterocycles. The molecule has 0 aliphatic carbocycles. The van der Waals surface area contributed by atoms with Crippen LogP contribution >= 0.6 is 11.3 Å². The molecule has 0 aliphatic heterocycles. The number of sulfonamides is 1. The van der Waals surface area contributed by atoms with E-state index in [1.54, 1.807) is 11.4 Å². The van der Waals surface area contributed by atoms with Crippen LogP contribution in [0.25, 0.3) is 0 Å². The first-order valence-corrected chi connectivity index (χ1v) is 8.80. The fourth-order valence-electron chi connectivity index (χ4n) is 1.73. The maximum absolute atomic E-state index is 14.0. The second-order valence-electron chi connectivity index (χ2n) is 4.38. The van der Waals surface area contributed by atoms with Crippen LogP contribution in [0.4, 0.5) is 9.52 Å². The number of nitrogens with one attached hydrogen (secondary N) is 2. The molecule has 0 bridgehead atoms. The number of rotatable bonds is 7.